The molecule has 0 unspecified atom stereocenters. The Morgan fingerprint density at radius 3 is 2.20 bits per heavy atom. The highest BCUT2D eigenvalue weighted by atomic mass is 35.5. The third kappa shape index (κ3) is 8.90. The minimum absolute atomic E-state index is 0.00793. The fourth-order valence-corrected chi connectivity index (χ4v) is 8.58. The van der Waals surface area contributed by atoms with Crippen molar-refractivity contribution < 1.29 is 19.1 Å². The van der Waals surface area contributed by atoms with Crippen LogP contribution in [0.15, 0.2) is 89.0 Å². The average molecular weight is 769 g/mol. The largest absolute Gasteiger partial charge is 0.448 e. The number of nitrogens with zero attached hydrogens (tertiary/aromatic N) is 4. The van der Waals surface area contributed by atoms with E-state index in [0.717, 1.165) is 60.2 Å². The topological polar surface area (TPSA) is 109 Å². The van der Waals surface area contributed by atoms with Gasteiger partial charge in [0, 0.05) is 49.6 Å². The molecule has 3 heterocycles. The molecule has 0 radical (unpaired) electrons. The maximum atomic E-state index is 13.2. The summed E-state index contributed by atoms with van der Waals surface area (Å²) in [5.74, 6) is 0.887. The maximum Gasteiger partial charge on any atom is 0.409 e. The molecule has 3 aromatic carbocycles. The predicted octanol–water partition coefficient (Wildman–Crippen LogP) is 9.24. The molecule has 1 aromatic heterocycles. The Kier molecular flexibility index (Phi) is 11.3. The zero-order chi connectivity index (χ0) is 37.9. The summed E-state index contributed by atoms with van der Waals surface area (Å²) in [6.45, 7) is 11.6. The maximum absolute atomic E-state index is 13.2. The van der Waals surface area contributed by atoms with Gasteiger partial charge in [-0.05, 0) is 86.3 Å². The van der Waals surface area contributed by atoms with Crippen LogP contribution in [-0.4, -0.2) is 78.0 Å². The van der Waals surface area contributed by atoms with Gasteiger partial charge in [-0.15, -0.1) is 0 Å². The van der Waals surface area contributed by atoms with Gasteiger partial charge in [-0.1, -0.05) is 84.9 Å². The highest BCUT2D eigenvalue weighted by molar-refractivity contribution is 7.99. The van der Waals surface area contributed by atoms with Gasteiger partial charge in [0.1, 0.15) is 23.1 Å². The van der Waals surface area contributed by atoms with Gasteiger partial charge in [0.05, 0.1) is 23.1 Å². The number of aromatic nitrogens is 2. The Labute approximate surface area is 327 Å². The number of hydrogen-bond acceptors (Lipinski definition) is 9. The number of hydrogen-bond donors (Lipinski definition) is 2. The number of amides is 2. The summed E-state index contributed by atoms with van der Waals surface area (Å²) in [6.07, 6.45) is 6.42. The minimum Gasteiger partial charge on any atom is -0.448 e. The van der Waals surface area contributed by atoms with Gasteiger partial charge in [0.15, 0.2) is 0 Å². The molecule has 12 heteroatoms. The Bertz CT molecular complexity index is 1910. The zero-order valence-corrected chi connectivity index (χ0v) is 33.0. The molecule has 0 bridgehead atoms. The molecular formula is C42H49ClN6O4S. The quantitative estimate of drug-likeness (QED) is 0.172. The number of likely N-dealkylation sites (tertiary alicyclic amines) is 1. The number of halogens is 1. The first kappa shape index (κ1) is 37.8. The Morgan fingerprint density at radius 1 is 0.907 bits per heavy atom. The summed E-state index contributed by atoms with van der Waals surface area (Å²) in [4.78, 5) is 39.7. The lowest BCUT2D eigenvalue weighted by molar-refractivity contribution is 0.0495. The van der Waals surface area contributed by atoms with Crippen molar-refractivity contribution in [1.29, 1.82) is 0 Å². The second kappa shape index (κ2) is 16.1. The standard InChI is InChI=1S/C42H49ClN6O4S/c1-41(2,3)53-39(50)46-27-42(4)18-22-48(23-19-42)36-24-45-37(25-44-36)54-35-15-9-14-34(38(35)43)47-28-16-20-49(21-17-28)40(51)52-26-33-31-12-7-5-10-29(31)30-11-6-8-13-32(30)33/h5-15,24-25,28,33,47H,16-23,26-27H2,1-4H3,(H,46,50). The number of nitrogens with one attached hydrogen (secondary N) is 2. The van der Waals surface area contributed by atoms with E-state index in [1.165, 1.54) is 34.0 Å². The van der Waals surface area contributed by atoms with Crippen LogP contribution < -0.4 is 15.5 Å². The van der Waals surface area contributed by atoms with E-state index in [-0.39, 0.29) is 29.6 Å². The number of ether oxygens (including phenoxy) is 2. The minimum atomic E-state index is -0.514. The number of piperidine rings is 2. The van der Waals surface area contributed by atoms with E-state index in [0.29, 0.717) is 31.3 Å². The molecule has 1 aliphatic carbocycles. The fraction of sp³-hybridized carbons (Fsp3) is 0.429. The van der Waals surface area contributed by atoms with Gasteiger partial charge in [0.25, 0.3) is 0 Å². The fourth-order valence-electron chi connectivity index (χ4n) is 7.50. The number of fused-ring (bicyclic) bond motifs is 3. The summed E-state index contributed by atoms with van der Waals surface area (Å²) in [5, 5.41) is 7.97. The van der Waals surface area contributed by atoms with Crippen molar-refractivity contribution in [3.05, 3.63) is 95.3 Å². The molecule has 10 nitrogen and oxygen atoms in total. The number of rotatable bonds is 9. The number of alkyl carbamates (subject to hydrolysis) is 1. The van der Waals surface area contributed by atoms with E-state index >= 15 is 0 Å². The van der Waals surface area contributed by atoms with Crippen LogP contribution in [0.4, 0.5) is 21.1 Å². The normalized spacial score (nSPS) is 17.1. The lowest BCUT2D eigenvalue weighted by Gasteiger charge is -2.40. The number of carbonyl (C=O) groups excluding carboxylic acids is 2. The molecule has 0 saturated carbocycles. The molecule has 2 saturated heterocycles. The highest BCUT2D eigenvalue weighted by Crippen LogP contribution is 2.45. The zero-order valence-electron chi connectivity index (χ0n) is 31.4. The summed E-state index contributed by atoms with van der Waals surface area (Å²) >= 11 is 8.42. The second-order valence-electron chi connectivity index (χ2n) is 15.8. The van der Waals surface area contributed by atoms with Gasteiger partial charge in [-0.3, -0.25) is 0 Å². The molecule has 3 aliphatic rings. The lowest BCUT2D eigenvalue weighted by Crippen LogP contribution is -2.45. The predicted molar refractivity (Wildman–Crippen MR) is 215 cm³/mol. The Hall–Kier alpha value is -4.48. The van der Waals surface area contributed by atoms with Crippen molar-refractivity contribution in [3.8, 4) is 11.1 Å². The summed E-state index contributed by atoms with van der Waals surface area (Å²) in [7, 11) is 0. The van der Waals surface area contributed by atoms with Crippen LogP contribution in [0.2, 0.25) is 5.02 Å². The molecule has 2 aliphatic heterocycles. The van der Waals surface area contributed by atoms with Crippen LogP contribution >= 0.6 is 23.4 Å². The van der Waals surface area contributed by atoms with Crippen LogP contribution in [-0.2, 0) is 9.47 Å². The van der Waals surface area contributed by atoms with E-state index in [9.17, 15) is 9.59 Å². The van der Waals surface area contributed by atoms with E-state index in [1.54, 1.807) is 6.20 Å². The van der Waals surface area contributed by atoms with E-state index in [4.69, 9.17) is 31.0 Å². The molecule has 4 aromatic rings. The molecule has 0 spiro atoms. The van der Waals surface area contributed by atoms with Crippen LogP contribution in [0.25, 0.3) is 11.1 Å². The number of benzene rings is 3. The molecule has 0 atom stereocenters. The number of anilines is 2. The van der Waals surface area contributed by atoms with Crippen molar-refractivity contribution in [2.45, 2.75) is 80.9 Å². The SMILES string of the molecule is CC1(CNC(=O)OC(C)(C)C)CCN(c2cnc(Sc3cccc(NC4CCN(C(=O)OCC5c6ccccc6-c6ccccc65)CC4)c3Cl)cn2)CC1. The van der Waals surface area contributed by atoms with Crippen LogP contribution in [0.3, 0.4) is 0 Å². The van der Waals surface area contributed by atoms with E-state index in [1.807, 2.05) is 62.2 Å². The van der Waals surface area contributed by atoms with Crippen LogP contribution in [0, 0.1) is 5.41 Å². The monoisotopic (exact) mass is 768 g/mol. The molecule has 2 fully saturated rings. The summed E-state index contributed by atoms with van der Waals surface area (Å²) in [5.41, 5.74) is 5.21. The first-order valence-electron chi connectivity index (χ1n) is 18.8. The van der Waals surface area contributed by atoms with Crippen LogP contribution in [0.5, 0.6) is 0 Å². The molecule has 2 N–H and O–H groups in total. The van der Waals surface area contributed by atoms with Gasteiger partial charge in [-0.2, -0.15) is 0 Å². The number of carbonyl (C=O) groups is 2. The van der Waals surface area contributed by atoms with Gasteiger partial charge in [0.2, 0.25) is 0 Å². The third-order valence-electron chi connectivity index (χ3n) is 10.6. The van der Waals surface area contributed by atoms with Gasteiger partial charge < -0.3 is 29.9 Å². The van der Waals surface area contributed by atoms with Crippen molar-refractivity contribution in [2.75, 3.05) is 49.5 Å². The first-order valence-corrected chi connectivity index (χ1v) is 20.0. The average Bonchev–Trinajstić information content (AvgIpc) is 3.48. The van der Waals surface area contributed by atoms with Crippen molar-refractivity contribution in [3.63, 3.8) is 0 Å². The third-order valence-corrected chi connectivity index (χ3v) is 12.1. The second-order valence-corrected chi connectivity index (χ2v) is 17.2. The van der Waals surface area contributed by atoms with E-state index in [2.05, 4.69) is 58.9 Å². The van der Waals surface area contributed by atoms with Gasteiger partial charge in [-0.25, -0.2) is 19.6 Å². The van der Waals surface area contributed by atoms with Gasteiger partial charge >= 0.3 is 12.2 Å². The lowest BCUT2D eigenvalue weighted by atomic mass is 9.80. The van der Waals surface area contributed by atoms with E-state index < -0.39 is 5.60 Å². The molecule has 54 heavy (non-hydrogen) atoms. The molecule has 7 rings (SSSR count). The summed E-state index contributed by atoms with van der Waals surface area (Å²) in [6, 6.07) is 22.9. The van der Waals surface area contributed by atoms with Crippen molar-refractivity contribution in [2.24, 2.45) is 5.41 Å². The smallest absolute Gasteiger partial charge is 0.409 e. The summed E-state index contributed by atoms with van der Waals surface area (Å²) < 4.78 is 11.3. The molecular weight excluding hydrogens is 720 g/mol. The molecule has 284 valence electrons. The highest BCUT2D eigenvalue weighted by Gasteiger charge is 2.33. The Morgan fingerprint density at radius 2 is 1.57 bits per heavy atom. The Balaban J connectivity index is 0.868. The first-order chi connectivity index (χ1) is 25.9. The van der Waals surface area contributed by atoms with Crippen LogP contribution in [0.1, 0.15) is 70.4 Å². The van der Waals surface area contributed by atoms with Crippen molar-refractivity contribution >= 4 is 47.1 Å². The molecule has 2 amide bonds. The van der Waals surface area contributed by atoms with Crippen molar-refractivity contribution in [1.82, 2.24) is 20.2 Å².